The quantitative estimate of drug-likeness (QED) is 0.844. The lowest BCUT2D eigenvalue weighted by Gasteiger charge is -2.41. The van der Waals surface area contributed by atoms with Crippen LogP contribution in [0.5, 0.6) is 0 Å². The highest BCUT2D eigenvalue weighted by Gasteiger charge is 2.34. The SMILES string of the molecule is CCC(CO)N1CCN(C(=O)C2CC(C)OC(C)C2)CC1. The predicted molar refractivity (Wildman–Crippen MR) is 82.1 cm³/mol. The second-order valence-corrected chi connectivity index (χ2v) is 6.53. The summed E-state index contributed by atoms with van der Waals surface area (Å²) in [6.07, 6.45) is 3.01. The molecule has 0 saturated carbocycles. The Morgan fingerprint density at radius 3 is 2.24 bits per heavy atom. The molecule has 0 aliphatic carbocycles. The van der Waals surface area contributed by atoms with Gasteiger partial charge in [-0.1, -0.05) is 6.92 Å². The highest BCUT2D eigenvalue weighted by molar-refractivity contribution is 5.79. The Morgan fingerprint density at radius 1 is 1.19 bits per heavy atom. The molecule has 0 aromatic carbocycles. The normalized spacial score (nSPS) is 33.0. The molecule has 1 amide bonds. The number of aliphatic hydroxyl groups excluding tert-OH is 1. The van der Waals surface area contributed by atoms with E-state index in [0.29, 0.717) is 5.91 Å². The van der Waals surface area contributed by atoms with Crippen molar-refractivity contribution in [2.45, 2.75) is 58.3 Å². The van der Waals surface area contributed by atoms with E-state index in [1.165, 1.54) is 0 Å². The fraction of sp³-hybridized carbons (Fsp3) is 0.938. The number of nitrogens with zero attached hydrogens (tertiary/aromatic N) is 2. The molecule has 2 aliphatic rings. The van der Waals surface area contributed by atoms with Crippen molar-refractivity contribution in [1.82, 2.24) is 9.80 Å². The van der Waals surface area contributed by atoms with Crippen LogP contribution in [0.2, 0.25) is 0 Å². The molecule has 0 spiro atoms. The van der Waals surface area contributed by atoms with E-state index in [2.05, 4.69) is 25.7 Å². The average Bonchev–Trinajstić information content (AvgIpc) is 2.47. The Labute approximate surface area is 128 Å². The molecular weight excluding hydrogens is 268 g/mol. The van der Waals surface area contributed by atoms with Gasteiger partial charge in [0, 0.05) is 38.1 Å². The van der Waals surface area contributed by atoms with Gasteiger partial charge in [-0.15, -0.1) is 0 Å². The summed E-state index contributed by atoms with van der Waals surface area (Å²) in [7, 11) is 0. The van der Waals surface area contributed by atoms with Crippen molar-refractivity contribution in [2.24, 2.45) is 5.92 Å². The minimum absolute atomic E-state index is 0.120. The third-order valence-electron chi connectivity index (χ3n) is 4.87. The molecule has 2 aliphatic heterocycles. The minimum atomic E-state index is 0.120. The first-order chi connectivity index (χ1) is 10.0. The Bertz CT molecular complexity index is 328. The van der Waals surface area contributed by atoms with Crippen molar-refractivity contribution >= 4 is 5.91 Å². The maximum atomic E-state index is 12.7. The van der Waals surface area contributed by atoms with Crippen molar-refractivity contribution in [3.05, 3.63) is 0 Å². The second-order valence-electron chi connectivity index (χ2n) is 6.53. The monoisotopic (exact) mass is 298 g/mol. The standard InChI is InChI=1S/C16H30N2O3/c1-4-15(11-19)17-5-7-18(8-6-17)16(20)14-9-12(2)21-13(3)10-14/h12-15,19H,4-11H2,1-3H3. The number of hydrogen-bond acceptors (Lipinski definition) is 4. The van der Waals surface area contributed by atoms with Crippen molar-refractivity contribution < 1.29 is 14.6 Å². The van der Waals surface area contributed by atoms with Gasteiger partial charge in [-0.25, -0.2) is 0 Å². The summed E-state index contributed by atoms with van der Waals surface area (Å²) in [5, 5.41) is 9.38. The zero-order valence-electron chi connectivity index (χ0n) is 13.6. The van der Waals surface area contributed by atoms with Crippen LogP contribution in [-0.4, -0.2) is 71.8 Å². The lowest BCUT2D eigenvalue weighted by atomic mass is 9.91. The number of carbonyl (C=O) groups is 1. The van der Waals surface area contributed by atoms with E-state index in [-0.39, 0.29) is 30.8 Å². The third kappa shape index (κ3) is 4.18. The van der Waals surface area contributed by atoms with Crippen molar-refractivity contribution in [3.8, 4) is 0 Å². The number of ether oxygens (including phenoxy) is 1. The van der Waals surface area contributed by atoms with Gasteiger partial charge in [-0.3, -0.25) is 9.69 Å². The average molecular weight is 298 g/mol. The van der Waals surface area contributed by atoms with Gasteiger partial charge in [0.05, 0.1) is 18.8 Å². The Balaban J connectivity index is 1.85. The summed E-state index contributed by atoms with van der Waals surface area (Å²) in [4.78, 5) is 17.0. The summed E-state index contributed by atoms with van der Waals surface area (Å²) in [6, 6.07) is 0.241. The van der Waals surface area contributed by atoms with Gasteiger partial charge in [0.1, 0.15) is 0 Å². The first-order valence-corrected chi connectivity index (χ1v) is 8.34. The van der Waals surface area contributed by atoms with E-state index in [1.54, 1.807) is 0 Å². The smallest absolute Gasteiger partial charge is 0.225 e. The molecule has 3 atom stereocenters. The van der Waals surface area contributed by atoms with Gasteiger partial charge in [0.2, 0.25) is 5.91 Å². The molecule has 2 heterocycles. The third-order valence-corrected chi connectivity index (χ3v) is 4.87. The molecule has 2 rings (SSSR count). The Hall–Kier alpha value is -0.650. The minimum Gasteiger partial charge on any atom is -0.395 e. The molecule has 5 heteroatoms. The van der Waals surface area contributed by atoms with Crippen molar-refractivity contribution in [1.29, 1.82) is 0 Å². The summed E-state index contributed by atoms with van der Waals surface area (Å²) < 4.78 is 5.72. The van der Waals surface area contributed by atoms with Crippen molar-refractivity contribution in [3.63, 3.8) is 0 Å². The maximum Gasteiger partial charge on any atom is 0.225 e. The zero-order valence-corrected chi connectivity index (χ0v) is 13.6. The molecule has 122 valence electrons. The van der Waals surface area contributed by atoms with E-state index in [0.717, 1.165) is 45.4 Å². The van der Waals surface area contributed by atoms with E-state index >= 15 is 0 Å². The van der Waals surface area contributed by atoms with Crippen LogP contribution in [0.4, 0.5) is 0 Å². The molecule has 0 aromatic rings. The highest BCUT2D eigenvalue weighted by atomic mass is 16.5. The molecule has 21 heavy (non-hydrogen) atoms. The van der Waals surface area contributed by atoms with Gasteiger partial charge in [-0.2, -0.15) is 0 Å². The molecule has 0 radical (unpaired) electrons. The van der Waals surface area contributed by atoms with Gasteiger partial charge >= 0.3 is 0 Å². The number of piperazine rings is 1. The molecule has 1 N–H and O–H groups in total. The fourth-order valence-corrected chi connectivity index (χ4v) is 3.68. The van der Waals surface area contributed by atoms with E-state index in [4.69, 9.17) is 4.74 Å². The van der Waals surface area contributed by atoms with Crippen LogP contribution in [-0.2, 0) is 9.53 Å². The highest BCUT2D eigenvalue weighted by Crippen LogP contribution is 2.27. The van der Waals surface area contributed by atoms with Gasteiger partial charge < -0.3 is 14.7 Å². The Morgan fingerprint density at radius 2 is 1.76 bits per heavy atom. The number of carbonyl (C=O) groups excluding carboxylic acids is 1. The van der Waals surface area contributed by atoms with Crippen LogP contribution < -0.4 is 0 Å². The summed E-state index contributed by atoms with van der Waals surface area (Å²) in [5.74, 6) is 0.420. The first-order valence-electron chi connectivity index (χ1n) is 8.34. The van der Waals surface area contributed by atoms with Crippen LogP contribution in [0, 0.1) is 5.92 Å². The fourth-order valence-electron chi connectivity index (χ4n) is 3.68. The number of hydrogen-bond donors (Lipinski definition) is 1. The molecular formula is C16H30N2O3. The molecule has 2 saturated heterocycles. The summed E-state index contributed by atoms with van der Waals surface area (Å²) in [5.41, 5.74) is 0. The molecule has 3 unspecified atom stereocenters. The molecule has 5 nitrogen and oxygen atoms in total. The molecule has 0 bridgehead atoms. The largest absolute Gasteiger partial charge is 0.395 e. The summed E-state index contributed by atoms with van der Waals surface area (Å²) >= 11 is 0. The van der Waals surface area contributed by atoms with Gasteiger partial charge in [-0.05, 0) is 33.1 Å². The number of rotatable bonds is 4. The summed E-state index contributed by atoms with van der Waals surface area (Å²) in [6.45, 7) is 9.74. The van der Waals surface area contributed by atoms with E-state index in [9.17, 15) is 9.90 Å². The van der Waals surface area contributed by atoms with Crippen LogP contribution in [0.1, 0.15) is 40.0 Å². The van der Waals surface area contributed by atoms with E-state index in [1.807, 2.05) is 4.90 Å². The second kappa shape index (κ2) is 7.56. The lowest BCUT2D eigenvalue weighted by Crippen LogP contribution is -2.54. The Kier molecular flexibility index (Phi) is 6.02. The zero-order chi connectivity index (χ0) is 15.4. The lowest BCUT2D eigenvalue weighted by molar-refractivity contribution is -0.145. The van der Waals surface area contributed by atoms with Crippen LogP contribution in [0.3, 0.4) is 0 Å². The van der Waals surface area contributed by atoms with Gasteiger partial charge in [0.15, 0.2) is 0 Å². The first kappa shape index (κ1) is 16.7. The maximum absolute atomic E-state index is 12.7. The van der Waals surface area contributed by atoms with Crippen molar-refractivity contribution in [2.75, 3.05) is 32.8 Å². The molecule has 0 aromatic heterocycles. The van der Waals surface area contributed by atoms with Crippen LogP contribution in [0.25, 0.3) is 0 Å². The topological polar surface area (TPSA) is 53.0 Å². The van der Waals surface area contributed by atoms with E-state index < -0.39 is 0 Å². The predicted octanol–water partition coefficient (Wildman–Crippen LogP) is 1.11. The van der Waals surface area contributed by atoms with Crippen LogP contribution >= 0.6 is 0 Å². The van der Waals surface area contributed by atoms with Crippen LogP contribution in [0.15, 0.2) is 0 Å². The molecule has 2 fully saturated rings. The number of aliphatic hydroxyl groups is 1. The van der Waals surface area contributed by atoms with Gasteiger partial charge in [0.25, 0.3) is 0 Å². The number of amides is 1.